The number of nitrogen functional groups attached to an aromatic ring is 1. The summed E-state index contributed by atoms with van der Waals surface area (Å²) in [5, 5.41) is 19.1. The van der Waals surface area contributed by atoms with E-state index in [4.69, 9.17) is 39.3 Å². The summed E-state index contributed by atoms with van der Waals surface area (Å²) in [6.45, 7) is 7.39. The van der Waals surface area contributed by atoms with Crippen molar-refractivity contribution in [2.24, 2.45) is 0 Å². The lowest BCUT2D eigenvalue weighted by Gasteiger charge is -2.13. The second-order valence-electron chi connectivity index (χ2n) is 18.4. The van der Waals surface area contributed by atoms with Gasteiger partial charge in [-0.1, -0.05) is 0 Å². The highest BCUT2D eigenvalue weighted by Crippen LogP contribution is 2.38. The monoisotopic (exact) mass is 1130 g/mol. The summed E-state index contributed by atoms with van der Waals surface area (Å²) in [4.78, 5) is 75.1. The van der Waals surface area contributed by atoms with Gasteiger partial charge >= 0.3 is 5.97 Å². The molecule has 0 aliphatic carbocycles. The molecule has 0 amide bonds. The molecule has 10 rings (SSSR count). The minimum Gasteiger partial charge on any atom is -0.493 e. The molecule has 4 aromatic carbocycles. The number of ether oxygens (including phenoxy) is 6. The van der Waals surface area contributed by atoms with Gasteiger partial charge in [-0.25, -0.2) is 28.5 Å². The summed E-state index contributed by atoms with van der Waals surface area (Å²) >= 11 is 0. The van der Waals surface area contributed by atoms with E-state index in [2.05, 4.69) is 40.1 Å². The molecule has 0 aliphatic rings. The molecule has 22 nitrogen and oxygen atoms in total. The van der Waals surface area contributed by atoms with Gasteiger partial charge in [0, 0.05) is 70.9 Å². The number of anilines is 1. The molecule has 6 heterocycles. The van der Waals surface area contributed by atoms with Gasteiger partial charge in [0.15, 0.2) is 28.8 Å². The summed E-state index contributed by atoms with van der Waals surface area (Å²) in [7, 11) is 6.24. The zero-order valence-corrected chi connectivity index (χ0v) is 45.9. The third kappa shape index (κ3) is 13.8. The van der Waals surface area contributed by atoms with Gasteiger partial charge in [0.2, 0.25) is 22.6 Å². The Labute approximate surface area is 471 Å². The van der Waals surface area contributed by atoms with E-state index in [9.17, 15) is 28.0 Å². The topological polar surface area (TPSA) is 283 Å². The number of nitrogens with two attached hydrogens (primary N) is 1. The number of rotatable bonds is 16. The molecule has 10 aromatic rings. The molecule has 424 valence electrons. The number of aromatic nitrogens is 10. The van der Waals surface area contributed by atoms with Gasteiger partial charge in [-0.05, 0) is 100 Å². The van der Waals surface area contributed by atoms with Crippen LogP contribution in [0.1, 0.15) is 66.2 Å². The first-order valence-corrected chi connectivity index (χ1v) is 25.2. The van der Waals surface area contributed by atoms with Crippen LogP contribution in [0.3, 0.4) is 0 Å². The smallest absolute Gasteiger partial charge is 0.341 e. The zero-order chi connectivity index (χ0) is 59.5. The first-order chi connectivity index (χ1) is 39.9. The molecule has 0 radical (unpaired) electrons. The number of methoxy groups -OCH3 is 4. The highest BCUT2D eigenvalue weighted by atomic mass is 19.1. The Morgan fingerprint density at radius 3 is 1.36 bits per heavy atom. The third-order valence-corrected chi connectivity index (χ3v) is 12.2. The van der Waals surface area contributed by atoms with Gasteiger partial charge in [0.1, 0.15) is 45.9 Å². The maximum absolute atomic E-state index is 13.4. The SMILES string of the molecule is CC(C)n1cc(C(=O)O)c(=O)c(-c2ccc(F)cc2)n1.COc1cc2nccc(Oc3cnc(CC(=O)c4cn(C(C)C)nc(-c5ccc(F)cc5)c4=O)cn3)c2cc1OC.COc1cc2nccc(Oc3cnc(N)cn3)c2cc1OC. The lowest BCUT2D eigenvalue weighted by molar-refractivity contribution is 0.0693. The maximum atomic E-state index is 13.4. The van der Waals surface area contributed by atoms with E-state index in [0.29, 0.717) is 73.9 Å². The van der Waals surface area contributed by atoms with E-state index in [1.807, 2.05) is 27.7 Å². The van der Waals surface area contributed by atoms with Crippen LogP contribution < -0.4 is 45.0 Å². The molecule has 24 heteroatoms. The van der Waals surface area contributed by atoms with Crippen LogP contribution in [0, 0.1) is 11.6 Å². The predicted molar refractivity (Wildman–Crippen MR) is 302 cm³/mol. The highest BCUT2D eigenvalue weighted by molar-refractivity contribution is 5.98. The quantitative estimate of drug-likeness (QED) is 0.0851. The Morgan fingerprint density at radius 1 is 0.542 bits per heavy atom. The number of aromatic carboxylic acids is 1. The van der Waals surface area contributed by atoms with Crippen LogP contribution in [-0.4, -0.2) is 94.8 Å². The molecule has 0 atom stereocenters. The Bertz CT molecular complexity index is 4090. The molecule has 0 unspecified atom stereocenters. The van der Waals surface area contributed by atoms with Crippen LogP contribution in [0.25, 0.3) is 44.3 Å². The van der Waals surface area contributed by atoms with Crippen LogP contribution in [0.5, 0.6) is 46.3 Å². The second kappa shape index (κ2) is 26.0. The van der Waals surface area contributed by atoms with Gasteiger partial charge in [0.05, 0.1) is 81.9 Å². The summed E-state index contributed by atoms with van der Waals surface area (Å²) in [5.74, 6) is 1.57. The standard InChI is InChI=1S/C30H26FN5O5.C15H14N4O3.C14H13FN2O3/c1-17(2)36-16-22(30(38)29(35-36)18-5-7-19(31)8-6-18)24(37)11-20-14-34-28(15-33-20)41-25-9-10-32-23-13-27(40-4)26(39-3)12-21(23)25;1-20-12-5-9-10(6-13(12)21-2)17-4-3-11(9)22-15-8-18-14(16)7-19-15;1-8(2)17-7-11(14(19)20)13(18)12(16-17)9-3-5-10(15)6-4-9/h5-10,12-17H,11H2,1-4H3;3-8H,1-2H3,(H2,16,18);3-8H,1-2H3,(H,19,20). The van der Waals surface area contributed by atoms with Crippen molar-refractivity contribution in [3.63, 3.8) is 0 Å². The van der Waals surface area contributed by atoms with Gasteiger partial charge in [-0.15, -0.1) is 0 Å². The van der Waals surface area contributed by atoms with E-state index < -0.39 is 34.2 Å². The van der Waals surface area contributed by atoms with Crippen LogP contribution in [0.2, 0.25) is 0 Å². The largest absolute Gasteiger partial charge is 0.493 e. The molecule has 0 spiro atoms. The fourth-order valence-corrected chi connectivity index (χ4v) is 7.91. The number of benzene rings is 4. The Kier molecular flexibility index (Phi) is 18.3. The van der Waals surface area contributed by atoms with E-state index >= 15 is 0 Å². The van der Waals surface area contributed by atoms with Gasteiger partial charge < -0.3 is 39.3 Å². The predicted octanol–water partition coefficient (Wildman–Crippen LogP) is 9.95. The van der Waals surface area contributed by atoms with Gasteiger partial charge in [-0.2, -0.15) is 10.2 Å². The number of hydrogen-bond donors (Lipinski definition) is 2. The molecule has 0 bridgehead atoms. The maximum Gasteiger partial charge on any atom is 0.341 e. The first kappa shape index (κ1) is 58.4. The number of fused-ring (bicyclic) bond motifs is 2. The Hall–Kier alpha value is -10.8. The Morgan fingerprint density at radius 2 is 0.964 bits per heavy atom. The highest BCUT2D eigenvalue weighted by Gasteiger charge is 2.21. The van der Waals surface area contributed by atoms with Crippen molar-refractivity contribution < 1.29 is 51.9 Å². The lowest BCUT2D eigenvalue weighted by Crippen LogP contribution is -2.24. The third-order valence-electron chi connectivity index (χ3n) is 12.2. The van der Waals surface area contributed by atoms with Crippen molar-refractivity contribution in [2.45, 2.75) is 46.2 Å². The molecule has 0 saturated heterocycles. The van der Waals surface area contributed by atoms with E-state index in [-0.39, 0.29) is 46.9 Å². The molecule has 0 aliphatic heterocycles. The van der Waals surface area contributed by atoms with E-state index in [1.165, 1.54) is 90.4 Å². The molecular formula is C59H53F2N11O11. The average molecular weight is 1130 g/mol. The summed E-state index contributed by atoms with van der Waals surface area (Å²) in [6.07, 6.45) is 11.4. The number of carboxylic acids is 1. The van der Waals surface area contributed by atoms with Crippen LogP contribution in [-0.2, 0) is 6.42 Å². The normalized spacial score (nSPS) is 10.8. The number of carboxylic acid groups (broad SMARTS) is 1. The number of pyridine rings is 2. The van der Waals surface area contributed by atoms with Crippen LogP contribution in [0.15, 0.2) is 144 Å². The summed E-state index contributed by atoms with van der Waals surface area (Å²) in [5.41, 5.74) is 6.48. The number of ketones is 1. The Balaban J connectivity index is 0.000000180. The fourth-order valence-electron chi connectivity index (χ4n) is 7.91. The van der Waals surface area contributed by atoms with Crippen LogP contribution in [0.4, 0.5) is 14.6 Å². The van der Waals surface area contributed by atoms with Crippen molar-refractivity contribution in [2.75, 3.05) is 34.2 Å². The van der Waals surface area contributed by atoms with Crippen molar-refractivity contribution in [3.8, 4) is 68.8 Å². The van der Waals surface area contributed by atoms with Crippen molar-refractivity contribution in [1.82, 2.24) is 49.5 Å². The molecule has 0 fully saturated rings. The zero-order valence-electron chi connectivity index (χ0n) is 45.9. The van der Waals surface area contributed by atoms with E-state index in [0.717, 1.165) is 10.9 Å². The minimum atomic E-state index is -1.31. The molecule has 6 aromatic heterocycles. The molecule has 3 N–H and O–H groups in total. The number of carbonyl (C=O) groups is 2. The number of carbonyl (C=O) groups excluding carboxylic acids is 1. The number of Topliss-reactive ketones (excluding diaryl/α,β-unsaturated/α-hetero) is 1. The van der Waals surface area contributed by atoms with Crippen molar-refractivity contribution >= 4 is 39.4 Å². The van der Waals surface area contributed by atoms with Gasteiger partial charge in [0.25, 0.3) is 0 Å². The van der Waals surface area contributed by atoms with Crippen LogP contribution >= 0.6 is 0 Å². The van der Waals surface area contributed by atoms with E-state index in [1.54, 1.807) is 81.9 Å². The number of hydrogen-bond acceptors (Lipinski definition) is 19. The first-order valence-electron chi connectivity index (χ1n) is 25.2. The lowest BCUT2D eigenvalue weighted by atomic mass is 10.0. The number of nitrogens with zero attached hydrogens (tertiary/aromatic N) is 10. The minimum absolute atomic E-state index is 0.00130. The molecule has 83 heavy (non-hydrogen) atoms. The van der Waals surface area contributed by atoms with Crippen molar-refractivity contribution in [1.29, 1.82) is 0 Å². The molecular weight excluding hydrogens is 1080 g/mol. The molecule has 0 saturated carbocycles. The van der Waals surface area contributed by atoms with Crippen molar-refractivity contribution in [3.05, 3.63) is 183 Å². The summed E-state index contributed by atoms with van der Waals surface area (Å²) in [6, 6.07) is 20.9. The average Bonchev–Trinajstić information content (AvgIpc) is 3.69. The summed E-state index contributed by atoms with van der Waals surface area (Å²) < 4.78 is 62.4. The van der Waals surface area contributed by atoms with Gasteiger partial charge in [-0.3, -0.25) is 38.7 Å². The fraction of sp³-hybridized carbons (Fsp3) is 0.186. The number of halogens is 2. The second-order valence-corrected chi connectivity index (χ2v) is 18.4.